The first-order valence-corrected chi connectivity index (χ1v) is 11.3. The Morgan fingerprint density at radius 3 is 2.73 bits per heavy atom. The molecule has 33 heavy (non-hydrogen) atoms. The van der Waals surface area contributed by atoms with Gasteiger partial charge in [-0.15, -0.1) is 0 Å². The zero-order chi connectivity index (χ0) is 23.8. The maximum atomic E-state index is 13.1. The van der Waals surface area contributed by atoms with E-state index in [-0.39, 0.29) is 17.0 Å². The molecule has 1 saturated heterocycles. The maximum absolute atomic E-state index is 13.1. The molecule has 1 aliphatic carbocycles. The fourth-order valence-electron chi connectivity index (χ4n) is 4.48. The van der Waals surface area contributed by atoms with Gasteiger partial charge in [-0.25, -0.2) is 9.97 Å². The fourth-order valence-corrected chi connectivity index (χ4v) is 4.67. The van der Waals surface area contributed by atoms with Gasteiger partial charge in [0.2, 0.25) is 5.28 Å². The number of ketones is 1. The number of nitrogens with zero attached hydrogens (tertiary/aromatic N) is 2. The standard InChI is InChI=1S/C23H26ClF3N4O2/c1-13(15-4-3-5-16(10-15)23(25,26)27)29-20-17-8-14(9-18(17)30-21(24)31-20)6-7-19(32)22(33-2)11-28-12-22/h3-5,10,13-14,28H,6-9,11-12H2,1-2H3,(H,29,30,31)/t13-,14?/m1/s1. The summed E-state index contributed by atoms with van der Waals surface area (Å²) in [5.41, 5.74) is 0.814. The van der Waals surface area contributed by atoms with Crippen LogP contribution in [0.15, 0.2) is 24.3 Å². The summed E-state index contributed by atoms with van der Waals surface area (Å²) in [6.07, 6.45) is -1.94. The summed E-state index contributed by atoms with van der Waals surface area (Å²) < 4.78 is 44.7. The van der Waals surface area contributed by atoms with Crippen molar-refractivity contribution in [3.05, 3.63) is 51.9 Å². The van der Waals surface area contributed by atoms with E-state index < -0.39 is 23.4 Å². The minimum absolute atomic E-state index is 0.0862. The lowest BCUT2D eigenvalue weighted by molar-refractivity contribution is -0.147. The predicted molar refractivity (Wildman–Crippen MR) is 118 cm³/mol. The molecule has 1 aromatic heterocycles. The number of aromatic nitrogens is 2. The van der Waals surface area contributed by atoms with Crippen molar-refractivity contribution in [1.82, 2.24) is 15.3 Å². The summed E-state index contributed by atoms with van der Waals surface area (Å²) in [6.45, 7) is 2.85. The van der Waals surface area contributed by atoms with Crippen LogP contribution in [0.4, 0.5) is 19.0 Å². The Labute approximate surface area is 195 Å². The van der Waals surface area contributed by atoms with E-state index in [0.717, 1.165) is 23.4 Å². The van der Waals surface area contributed by atoms with Gasteiger partial charge in [-0.3, -0.25) is 4.79 Å². The van der Waals surface area contributed by atoms with E-state index in [1.54, 1.807) is 20.1 Å². The second kappa shape index (κ2) is 9.19. The number of alkyl halides is 3. The Balaban J connectivity index is 1.45. The zero-order valence-electron chi connectivity index (χ0n) is 18.4. The fraction of sp³-hybridized carbons (Fsp3) is 0.522. The quantitative estimate of drug-likeness (QED) is 0.544. The van der Waals surface area contributed by atoms with Gasteiger partial charge in [0.15, 0.2) is 11.4 Å². The van der Waals surface area contributed by atoms with Gasteiger partial charge in [0.25, 0.3) is 0 Å². The number of rotatable bonds is 8. The molecule has 1 aliphatic heterocycles. The summed E-state index contributed by atoms with van der Waals surface area (Å²) in [6, 6.07) is 4.80. The molecule has 0 spiro atoms. The number of fused-ring (bicyclic) bond motifs is 1. The van der Waals surface area contributed by atoms with Crippen molar-refractivity contribution in [2.75, 3.05) is 25.5 Å². The van der Waals surface area contributed by atoms with Crippen LogP contribution in [-0.2, 0) is 28.5 Å². The summed E-state index contributed by atoms with van der Waals surface area (Å²) in [5, 5.41) is 6.39. The van der Waals surface area contributed by atoms with E-state index >= 15 is 0 Å². The monoisotopic (exact) mass is 482 g/mol. The van der Waals surface area contributed by atoms with Crippen molar-refractivity contribution in [2.45, 2.75) is 50.4 Å². The van der Waals surface area contributed by atoms with Crippen LogP contribution in [0.2, 0.25) is 5.28 Å². The predicted octanol–water partition coefficient (Wildman–Crippen LogP) is 4.37. The number of Topliss-reactive ketones (excluding diaryl/α,β-unsaturated/α-hetero) is 1. The Kier molecular flexibility index (Phi) is 6.66. The van der Waals surface area contributed by atoms with Crippen molar-refractivity contribution < 1.29 is 22.7 Å². The van der Waals surface area contributed by atoms with Crippen molar-refractivity contribution >= 4 is 23.2 Å². The van der Waals surface area contributed by atoms with Crippen LogP contribution in [0.25, 0.3) is 0 Å². The molecule has 1 aromatic carbocycles. The van der Waals surface area contributed by atoms with Crippen molar-refractivity contribution in [3.8, 4) is 0 Å². The van der Waals surface area contributed by atoms with E-state index in [1.807, 2.05) is 0 Å². The molecular formula is C23H26ClF3N4O2. The zero-order valence-corrected chi connectivity index (χ0v) is 19.2. The first-order valence-electron chi connectivity index (χ1n) is 10.9. The molecule has 2 atom stereocenters. The first-order chi connectivity index (χ1) is 15.6. The van der Waals surface area contributed by atoms with Gasteiger partial charge in [-0.05, 0) is 61.4 Å². The highest BCUT2D eigenvalue weighted by Gasteiger charge is 2.44. The van der Waals surface area contributed by atoms with Crippen LogP contribution in [0.1, 0.15) is 48.2 Å². The lowest BCUT2D eigenvalue weighted by atomic mass is 9.86. The number of carbonyl (C=O) groups excluding carboxylic acids is 1. The van der Waals surface area contributed by atoms with Crippen LogP contribution in [-0.4, -0.2) is 41.6 Å². The number of ether oxygens (including phenoxy) is 1. The van der Waals surface area contributed by atoms with E-state index in [0.29, 0.717) is 50.2 Å². The van der Waals surface area contributed by atoms with Crippen molar-refractivity contribution in [2.24, 2.45) is 5.92 Å². The highest BCUT2D eigenvalue weighted by Crippen LogP contribution is 2.36. The van der Waals surface area contributed by atoms with Gasteiger partial charge in [0.1, 0.15) is 5.82 Å². The van der Waals surface area contributed by atoms with Gasteiger partial charge >= 0.3 is 6.18 Å². The molecule has 0 radical (unpaired) electrons. The maximum Gasteiger partial charge on any atom is 0.416 e. The van der Waals surface area contributed by atoms with Gasteiger partial charge in [0.05, 0.1) is 11.3 Å². The summed E-state index contributed by atoms with van der Waals surface area (Å²) >= 11 is 6.13. The summed E-state index contributed by atoms with van der Waals surface area (Å²) in [5.74, 6) is 0.837. The first kappa shape index (κ1) is 23.9. The van der Waals surface area contributed by atoms with Crippen LogP contribution < -0.4 is 10.6 Å². The molecule has 2 aromatic rings. The minimum Gasteiger partial charge on any atom is -0.368 e. The van der Waals surface area contributed by atoms with E-state index in [9.17, 15) is 18.0 Å². The number of halogens is 4. The molecule has 1 fully saturated rings. The van der Waals surface area contributed by atoms with Crippen molar-refractivity contribution in [3.63, 3.8) is 0 Å². The molecule has 1 unspecified atom stereocenters. The molecule has 0 saturated carbocycles. The largest absolute Gasteiger partial charge is 0.416 e. The molecule has 178 valence electrons. The van der Waals surface area contributed by atoms with Crippen LogP contribution >= 0.6 is 11.6 Å². The molecule has 10 heteroatoms. The number of hydrogen-bond donors (Lipinski definition) is 2. The second-order valence-corrected chi connectivity index (χ2v) is 9.13. The van der Waals surface area contributed by atoms with E-state index in [1.165, 1.54) is 6.07 Å². The Hall–Kier alpha value is -2.23. The highest BCUT2D eigenvalue weighted by molar-refractivity contribution is 6.28. The average Bonchev–Trinajstić information content (AvgIpc) is 3.14. The molecule has 2 heterocycles. The topological polar surface area (TPSA) is 76.1 Å². The number of hydrogen-bond acceptors (Lipinski definition) is 6. The van der Waals surface area contributed by atoms with E-state index in [2.05, 4.69) is 20.6 Å². The van der Waals surface area contributed by atoms with E-state index in [4.69, 9.17) is 16.3 Å². The number of anilines is 1. The number of benzene rings is 1. The van der Waals surface area contributed by atoms with Crippen LogP contribution in [0.5, 0.6) is 0 Å². The SMILES string of the molecule is COC1(C(=O)CCC2Cc3nc(Cl)nc(N[C@H](C)c4cccc(C(F)(F)F)c4)c3C2)CNC1. The molecule has 4 rings (SSSR count). The van der Waals surface area contributed by atoms with Crippen LogP contribution in [0, 0.1) is 5.92 Å². The second-order valence-electron chi connectivity index (χ2n) is 8.79. The molecule has 2 N–H and O–H groups in total. The lowest BCUT2D eigenvalue weighted by Gasteiger charge is -2.39. The minimum atomic E-state index is -4.41. The normalized spacial score (nSPS) is 20.1. The third-order valence-corrected chi connectivity index (χ3v) is 6.78. The average molecular weight is 483 g/mol. The number of methoxy groups -OCH3 is 1. The molecule has 2 aliphatic rings. The van der Waals surface area contributed by atoms with Gasteiger partial charge in [0, 0.05) is 38.2 Å². The van der Waals surface area contributed by atoms with Gasteiger partial charge in [-0.2, -0.15) is 13.2 Å². The molecule has 0 bridgehead atoms. The number of carbonyl (C=O) groups is 1. The molecule has 6 nitrogen and oxygen atoms in total. The number of nitrogens with one attached hydrogen (secondary N) is 2. The molecule has 0 amide bonds. The van der Waals surface area contributed by atoms with Gasteiger partial charge in [-0.1, -0.05) is 12.1 Å². The Morgan fingerprint density at radius 2 is 2.09 bits per heavy atom. The summed E-state index contributed by atoms with van der Waals surface area (Å²) in [7, 11) is 1.56. The summed E-state index contributed by atoms with van der Waals surface area (Å²) in [4.78, 5) is 21.3. The Morgan fingerprint density at radius 1 is 1.33 bits per heavy atom. The van der Waals surface area contributed by atoms with Crippen LogP contribution in [0.3, 0.4) is 0 Å². The Bertz CT molecular complexity index is 1040. The smallest absolute Gasteiger partial charge is 0.368 e. The lowest BCUT2D eigenvalue weighted by Crippen LogP contribution is -2.65. The highest BCUT2D eigenvalue weighted by atomic mass is 35.5. The molecular weight excluding hydrogens is 457 g/mol. The third-order valence-electron chi connectivity index (χ3n) is 6.61. The van der Waals surface area contributed by atoms with Gasteiger partial charge < -0.3 is 15.4 Å². The van der Waals surface area contributed by atoms with Crippen molar-refractivity contribution in [1.29, 1.82) is 0 Å². The third kappa shape index (κ3) is 5.00.